The minimum absolute atomic E-state index is 0.0814. The standard InChI is InChI=1S/C16H24FNO/c1-12-5-4-8-16(11-12,19-2)15(18)10-13-6-3-7-14(17)9-13/h3,6-7,9,12,15H,4-5,8,10-11,18H2,1-2H3. The normalized spacial score (nSPS) is 29.2. The number of benzene rings is 1. The lowest BCUT2D eigenvalue weighted by molar-refractivity contribution is -0.0705. The maximum absolute atomic E-state index is 13.2. The number of hydrogen-bond donors (Lipinski definition) is 1. The molecule has 2 nitrogen and oxygen atoms in total. The zero-order valence-electron chi connectivity index (χ0n) is 11.9. The molecular weight excluding hydrogens is 241 g/mol. The van der Waals surface area contributed by atoms with Gasteiger partial charge in [-0.2, -0.15) is 0 Å². The summed E-state index contributed by atoms with van der Waals surface area (Å²) >= 11 is 0. The van der Waals surface area contributed by atoms with E-state index in [0.717, 1.165) is 24.8 Å². The SMILES string of the molecule is COC1(C(N)Cc2cccc(F)c2)CCCC(C)C1. The predicted octanol–water partition coefficient (Wildman–Crippen LogP) is 3.29. The molecule has 3 unspecified atom stereocenters. The monoisotopic (exact) mass is 265 g/mol. The maximum atomic E-state index is 13.2. The highest BCUT2D eigenvalue weighted by Crippen LogP contribution is 2.37. The molecule has 2 N–H and O–H groups in total. The van der Waals surface area contributed by atoms with Crippen LogP contribution in [0.4, 0.5) is 4.39 Å². The van der Waals surface area contributed by atoms with Crippen molar-refractivity contribution in [3.05, 3.63) is 35.6 Å². The average molecular weight is 265 g/mol. The van der Waals surface area contributed by atoms with Crippen LogP contribution in [0.15, 0.2) is 24.3 Å². The van der Waals surface area contributed by atoms with E-state index in [-0.39, 0.29) is 17.5 Å². The van der Waals surface area contributed by atoms with Crippen molar-refractivity contribution in [1.29, 1.82) is 0 Å². The van der Waals surface area contributed by atoms with E-state index >= 15 is 0 Å². The van der Waals surface area contributed by atoms with Crippen molar-refractivity contribution in [3.63, 3.8) is 0 Å². The van der Waals surface area contributed by atoms with E-state index in [2.05, 4.69) is 6.92 Å². The molecule has 0 amide bonds. The van der Waals surface area contributed by atoms with Crippen LogP contribution in [-0.4, -0.2) is 18.8 Å². The summed E-state index contributed by atoms with van der Waals surface area (Å²) in [4.78, 5) is 0. The molecule has 3 heteroatoms. The number of rotatable bonds is 4. The highest BCUT2D eigenvalue weighted by molar-refractivity contribution is 5.18. The summed E-state index contributed by atoms with van der Waals surface area (Å²) in [6.07, 6.45) is 5.08. The molecule has 0 spiro atoms. The van der Waals surface area contributed by atoms with Crippen molar-refractivity contribution in [3.8, 4) is 0 Å². The Kier molecular flexibility index (Phi) is 4.58. The van der Waals surface area contributed by atoms with Crippen LogP contribution in [0.1, 0.15) is 38.2 Å². The van der Waals surface area contributed by atoms with Crippen LogP contribution < -0.4 is 5.73 Å². The fraction of sp³-hybridized carbons (Fsp3) is 0.625. The fourth-order valence-electron chi connectivity index (χ4n) is 3.32. The van der Waals surface area contributed by atoms with Crippen LogP contribution in [-0.2, 0) is 11.2 Å². The van der Waals surface area contributed by atoms with E-state index in [9.17, 15) is 4.39 Å². The van der Waals surface area contributed by atoms with E-state index in [0.29, 0.717) is 12.3 Å². The van der Waals surface area contributed by atoms with Crippen molar-refractivity contribution in [2.75, 3.05) is 7.11 Å². The second-order valence-corrected chi connectivity index (χ2v) is 5.91. The number of methoxy groups -OCH3 is 1. The van der Waals surface area contributed by atoms with Gasteiger partial charge in [-0.25, -0.2) is 4.39 Å². The quantitative estimate of drug-likeness (QED) is 0.906. The van der Waals surface area contributed by atoms with E-state index in [1.54, 1.807) is 19.2 Å². The molecular formula is C16H24FNO. The first-order chi connectivity index (χ1) is 9.05. The van der Waals surface area contributed by atoms with E-state index in [4.69, 9.17) is 10.5 Å². The van der Waals surface area contributed by atoms with Gasteiger partial charge in [-0.3, -0.25) is 0 Å². The number of nitrogens with two attached hydrogens (primary N) is 1. The summed E-state index contributed by atoms with van der Waals surface area (Å²) in [6, 6.07) is 6.61. The lowest BCUT2D eigenvalue weighted by Gasteiger charge is -2.43. The molecule has 0 radical (unpaired) electrons. The Morgan fingerprint density at radius 3 is 2.95 bits per heavy atom. The molecule has 0 bridgehead atoms. The Hall–Kier alpha value is -0.930. The van der Waals surface area contributed by atoms with Gasteiger partial charge in [0.2, 0.25) is 0 Å². The Labute approximate surface area is 115 Å². The fourth-order valence-corrected chi connectivity index (χ4v) is 3.32. The minimum atomic E-state index is -0.246. The molecule has 0 heterocycles. The van der Waals surface area contributed by atoms with E-state index in [1.807, 2.05) is 6.07 Å². The van der Waals surface area contributed by atoms with Crippen LogP contribution in [0.2, 0.25) is 0 Å². The number of hydrogen-bond acceptors (Lipinski definition) is 2. The predicted molar refractivity (Wildman–Crippen MR) is 75.5 cm³/mol. The molecule has 1 aliphatic rings. The van der Waals surface area contributed by atoms with Gasteiger partial charge in [0.25, 0.3) is 0 Å². The summed E-state index contributed by atoms with van der Waals surface area (Å²) in [5.74, 6) is 0.445. The number of halogens is 1. The Balaban J connectivity index is 2.10. The summed E-state index contributed by atoms with van der Waals surface area (Å²) in [5, 5.41) is 0. The molecule has 1 aliphatic carbocycles. The molecule has 1 saturated carbocycles. The lowest BCUT2D eigenvalue weighted by atomic mass is 9.73. The smallest absolute Gasteiger partial charge is 0.123 e. The third-order valence-electron chi connectivity index (χ3n) is 4.42. The Morgan fingerprint density at radius 1 is 1.53 bits per heavy atom. The Morgan fingerprint density at radius 2 is 2.32 bits per heavy atom. The first-order valence-electron chi connectivity index (χ1n) is 7.11. The molecule has 0 aliphatic heterocycles. The second kappa shape index (κ2) is 6.02. The first kappa shape index (κ1) is 14.5. The largest absolute Gasteiger partial charge is 0.377 e. The van der Waals surface area contributed by atoms with Crippen LogP contribution >= 0.6 is 0 Å². The van der Waals surface area contributed by atoms with Crippen molar-refractivity contribution in [2.45, 2.75) is 50.7 Å². The van der Waals surface area contributed by atoms with Gasteiger partial charge in [-0.1, -0.05) is 31.9 Å². The topological polar surface area (TPSA) is 35.2 Å². The van der Waals surface area contributed by atoms with Crippen LogP contribution in [0.25, 0.3) is 0 Å². The van der Waals surface area contributed by atoms with Gasteiger partial charge < -0.3 is 10.5 Å². The van der Waals surface area contributed by atoms with Gasteiger partial charge in [0, 0.05) is 13.2 Å². The van der Waals surface area contributed by atoms with Crippen LogP contribution in [0.5, 0.6) is 0 Å². The first-order valence-corrected chi connectivity index (χ1v) is 7.11. The maximum Gasteiger partial charge on any atom is 0.123 e. The van der Waals surface area contributed by atoms with Crippen molar-refractivity contribution in [2.24, 2.45) is 11.7 Å². The van der Waals surface area contributed by atoms with Gasteiger partial charge in [0.1, 0.15) is 5.82 Å². The minimum Gasteiger partial charge on any atom is -0.377 e. The molecule has 19 heavy (non-hydrogen) atoms. The molecule has 0 saturated heterocycles. The summed E-state index contributed by atoms with van der Waals surface area (Å²) in [6.45, 7) is 2.25. The summed E-state index contributed by atoms with van der Waals surface area (Å²) in [7, 11) is 1.75. The van der Waals surface area contributed by atoms with Crippen LogP contribution in [0.3, 0.4) is 0 Å². The van der Waals surface area contributed by atoms with E-state index < -0.39 is 0 Å². The highest BCUT2D eigenvalue weighted by Gasteiger charge is 2.40. The van der Waals surface area contributed by atoms with Gasteiger partial charge in [-0.15, -0.1) is 0 Å². The highest BCUT2D eigenvalue weighted by atomic mass is 19.1. The lowest BCUT2D eigenvalue weighted by Crippen LogP contribution is -2.53. The molecule has 1 aromatic rings. The third-order valence-corrected chi connectivity index (χ3v) is 4.42. The summed E-state index contributed by atoms with van der Waals surface area (Å²) < 4.78 is 19.0. The van der Waals surface area contributed by atoms with Gasteiger partial charge in [0.05, 0.1) is 5.60 Å². The number of ether oxygens (including phenoxy) is 1. The molecule has 0 aromatic heterocycles. The molecule has 106 valence electrons. The van der Waals surface area contributed by atoms with Crippen molar-refractivity contribution < 1.29 is 9.13 Å². The molecule has 1 aromatic carbocycles. The molecule has 3 atom stereocenters. The van der Waals surface area contributed by atoms with Gasteiger partial charge >= 0.3 is 0 Å². The molecule has 1 fully saturated rings. The average Bonchev–Trinajstić information content (AvgIpc) is 2.38. The van der Waals surface area contributed by atoms with Gasteiger partial charge in [-0.05, 0) is 42.9 Å². The zero-order chi connectivity index (χ0) is 13.9. The zero-order valence-corrected chi connectivity index (χ0v) is 11.9. The van der Waals surface area contributed by atoms with E-state index in [1.165, 1.54) is 12.5 Å². The van der Waals surface area contributed by atoms with Crippen molar-refractivity contribution in [1.82, 2.24) is 0 Å². The third kappa shape index (κ3) is 3.34. The molecule has 2 rings (SSSR count). The van der Waals surface area contributed by atoms with Crippen molar-refractivity contribution >= 4 is 0 Å². The van der Waals surface area contributed by atoms with Crippen LogP contribution in [0, 0.1) is 11.7 Å². The second-order valence-electron chi connectivity index (χ2n) is 5.91. The summed E-state index contributed by atoms with van der Waals surface area (Å²) in [5.41, 5.74) is 7.09. The van der Waals surface area contributed by atoms with Gasteiger partial charge in [0.15, 0.2) is 0 Å². The Bertz CT molecular complexity index is 423.